The first-order valence-electron chi connectivity index (χ1n) is 7.14. The van der Waals surface area contributed by atoms with E-state index in [1.165, 1.54) is 36.8 Å². The molecule has 2 unspecified atom stereocenters. The molecule has 2 nitrogen and oxygen atoms in total. The molecular weight excluding hydrogens is 222 g/mol. The van der Waals surface area contributed by atoms with Crippen LogP contribution in [0.3, 0.4) is 0 Å². The zero-order chi connectivity index (χ0) is 13.0. The van der Waals surface area contributed by atoms with Gasteiger partial charge in [-0.25, -0.2) is 0 Å². The fraction of sp³-hybridized carbons (Fsp3) is 0.625. The third kappa shape index (κ3) is 3.49. The molecular formula is C16H25NO. The van der Waals surface area contributed by atoms with E-state index >= 15 is 0 Å². The van der Waals surface area contributed by atoms with Crippen LogP contribution in [0.1, 0.15) is 43.2 Å². The molecule has 1 fully saturated rings. The maximum atomic E-state index is 6.22. The van der Waals surface area contributed by atoms with Crippen molar-refractivity contribution < 1.29 is 4.74 Å². The van der Waals surface area contributed by atoms with Crippen molar-refractivity contribution in [1.82, 2.24) is 0 Å². The first-order valence-corrected chi connectivity index (χ1v) is 7.14. The van der Waals surface area contributed by atoms with E-state index in [2.05, 4.69) is 32.0 Å². The second kappa shape index (κ2) is 6.24. The Morgan fingerprint density at radius 1 is 1.06 bits per heavy atom. The van der Waals surface area contributed by atoms with Crippen molar-refractivity contribution in [2.24, 2.45) is 11.7 Å². The normalized spacial score (nSPS) is 24.6. The molecule has 0 bridgehead atoms. The van der Waals surface area contributed by atoms with E-state index in [0.29, 0.717) is 12.0 Å². The summed E-state index contributed by atoms with van der Waals surface area (Å²) in [6, 6.07) is 6.44. The number of benzene rings is 1. The molecule has 0 heterocycles. The van der Waals surface area contributed by atoms with Crippen molar-refractivity contribution in [3.05, 3.63) is 29.3 Å². The Morgan fingerprint density at radius 3 is 2.39 bits per heavy atom. The molecule has 0 saturated heterocycles. The van der Waals surface area contributed by atoms with Crippen LogP contribution >= 0.6 is 0 Å². The van der Waals surface area contributed by atoms with Crippen LogP contribution in [0.15, 0.2) is 18.2 Å². The van der Waals surface area contributed by atoms with Crippen molar-refractivity contribution in [3.8, 4) is 5.75 Å². The molecule has 100 valence electrons. The fourth-order valence-electron chi connectivity index (χ4n) is 2.95. The molecule has 0 spiro atoms. The average molecular weight is 247 g/mol. The molecule has 0 amide bonds. The van der Waals surface area contributed by atoms with Crippen molar-refractivity contribution in [1.29, 1.82) is 0 Å². The first kappa shape index (κ1) is 13.4. The summed E-state index contributed by atoms with van der Waals surface area (Å²) in [6.45, 7) is 4.98. The van der Waals surface area contributed by atoms with E-state index in [1.807, 2.05) is 0 Å². The maximum Gasteiger partial charge on any atom is 0.120 e. The van der Waals surface area contributed by atoms with Crippen molar-refractivity contribution >= 4 is 0 Å². The van der Waals surface area contributed by atoms with Crippen LogP contribution in [0.4, 0.5) is 0 Å². The van der Waals surface area contributed by atoms with Crippen molar-refractivity contribution in [3.63, 3.8) is 0 Å². The van der Waals surface area contributed by atoms with Gasteiger partial charge in [-0.2, -0.15) is 0 Å². The van der Waals surface area contributed by atoms with Crippen LogP contribution in [0.5, 0.6) is 5.75 Å². The van der Waals surface area contributed by atoms with Gasteiger partial charge in [-0.1, -0.05) is 18.9 Å². The third-order valence-electron chi connectivity index (χ3n) is 3.87. The van der Waals surface area contributed by atoms with Gasteiger partial charge >= 0.3 is 0 Å². The zero-order valence-corrected chi connectivity index (χ0v) is 11.6. The Bertz CT molecular complexity index is 368. The van der Waals surface area contributed by atoms with Gasteiger partial charge in [-0.15, -0.1) is 0 Å². The van der Waals surface area contributed by atoms with Crippen molar-refractivity contribution in [2.75, 3.05) is 6.54 Å². The summed E-state index contributed by atoms with van der Waals surface area (Å²) in [5.74, 6) is 1.53. The number of aryl methyl sites for hydroxylation is 2. The molecule has 1 aliphatic carbocycles. The predicted octanol–water partition coefficient (Wildman–Crippen LogP) is 3.59. The molecule has 1 aromatic carbocycles. The summed E-state index contributed by atoms with van der Waals surface area (Å²) in [7, 11) is 0. The molecule has 1 saturated carbocycles. The number of ether oxygens (including phenoxy) is 1. The van der Waals surface area contributed by atoms with Gasteiger partial charge < -0.3 is 10.5 Å². The second-order valence-electron chi connectivity index (χ2n) is 5.61. The Balaban J connectivity index is 2.09. The molecule has 2 heteroatoms. The fourth-order valence-corrected chi connectivity index (χ4v) is 2.95. The minimum absolute atomic E-state index is 0.304. The number of hydrogen-bond acceptors (Lipinski definition) is 2. The van der Waals surface area contributed by atoms with E-state index in [4.69, 9.17) is 10.5 Å². The SMILES string of the molecule is Cc1cc(C)cc(OC2CCCCCC2CN)c1. The maximum absolute atomic E-state index is 6.22. The van der Waals surface area contributed by atoms with Gasteiger partial charge in [0.15, 0.2) is 0 Å². The molecule has 18 heavy (non-hydrogen) atoms. The summed E-state index contributed by atoms with van der Waals surface area (Å²) in [6.07, 6.45) is 6.56. The number of hydrogen-bond donors (Lipinski definition) is 1. The minimum Gasteiger partial charge on any atom is -0.490 e. The standard InChI is InChI=1S/C16H25NO/c1-12-8-13(2)10-15(9-12)18-16-7-5-3-4-6-14(16)11-17/h8-10,14,16H,3-7,11,17H2,1-2H3. The van der Waals surface area contributed by atoms with E-state index in [0.717, 1.165) is 18.7 Å². The second-order valence-corrected chi connectivity index (χ2v) is 5.61. The van der Waals surface area contributed by atoms with E-state index in [9.17, 15) is 0 Å². The monoisotopic (exact) mass is 247 g/mol. The Kier molecular flexibility index (Phi) is 4.65. The smallest absolute Gasteiger partial charge is 0.120 e. The molecule has 0 aliphatic heterocycles. The number of rotatable bonds is 3. The lowest BCUT2D eigenvalue weighted by Gasteiger charge is -2.25. The van der Waals surface area contributed by atoms with Crippen molar-refractivity contribution in [2.45, 2.75) is 52.1 Å². The molecule has 1 aliphatic rings. The molecule has 0 aromatic heterocycles. The van der Waals surface area contributed by atoms with Gasteiger partial charge in [0.1, 0.15) is 11.9 Å². The Hall–Kier alpha value is -1.02. The summed E-state index contributed by atoms with van der Waals surface area (Å²) < 4.78 is 6.22. The largest absolute Gasteiger partial charge is 0.490 e. The highest BCUT2D eigenvalue weighted by Gasteiger charge is 2.24. The lowest BCUT2D eigenvalue weighted by Crippen LogP contribution is -2.31. The highest BCUT2D eigenvalue weighted by molar-refractivity contribution is 5.33. The van der Waals surface area contributed by atoms with Gasteiger partial charge in [-0.3, -0.25) is 0 Å². The lowest BCUT2D eigenvalue weighted by atomic mass is 9.97. The summed E-state index contributed by atoms with van der Waals surface area (Å²) in [5.41, 5.74) is 8.43. The summed E-state index contributed by atoms with van der Waals surface area (Å²) >= 11 is 0. The van der Waals surface area contributed by atoms with Gasteiger partial charge in [-0.05, 0) is 62.9 Å². The molecule has 1 aromatic rings. The van der Waals surface area contributed by atoms with E-state index < -0.39 is 0 Å². The first-order chi connectivity index (χ1) is 8.69. The van der Waals surface area contributed by atoms with Crippen LogP contribution < -0.4 is 10.5 Å². The summed E-state index contributed by atoms with van der Waals surface area (Å²) in [5, 5.41) is 0. The Labute approximate surface area is 111 Å². The van der Waals surface area contributed by atoms with Crippen LogP contribution in [0.25, 0.3) is 0 Å². The zero-order valence-electron chi connectivity index (χ0n) is 11.6. The van der Waals surface area contributed by atoms with Gasteiger partial charge in [0.2, 0.25) is 0 Å². The van der Waals surface area contributed by atoms with Crippen LogP contribution in [-0.4, -0.2) is 12.6 Å². The highest BCUT2D eigenvalue weighted by atomic mass is 16.5. The average Bonchev–Trinajstić information content (AvgIpc) is 2.52. The van der Waals surface area contributed by atoms with Gasteiger partial charge in [0, 0.05) is 5.92 Å². The number of nitrogens with two attached hydrogens (primary N) is 1. The topological polar surface area (TPSA) is 35.2 Å². The molecule has 0 radical (unpaired) electrons. The third-order valence-corrected chi connectivity index (χ3v) is 3.87. The molecule has 2 N–H and O–H groups in total. The minimum atomic E-state index is 0.304. The Morgan fingerprint density at radius 2 is 1.72 bits per heavy atom. The lowest BCUT2D eigenvalue weighted by molar-refractivity contribution is 0.129. The van der Waals surface area contributed by atoms with Crippen LogP contribution in [0, 0.1) is 19.8 Å². The van der Waals surface area contributed by atoms with Gasteiger partial charge in [0.05, 0.1) is 0 Å². The van der Waals surface area contributed by atoms with Gasteiger partial charge in [0.25, 0.3) is 0 Å². The quantitative estimate of drug-likeness (QED) is 0.828. The molecule has 2 rings (SSSR count). The highest BCUT2D eigenvalue weighted by Crippen LogP contribution is 2.27. The van der Waals surface area contributed by atoms with E-state index in [-0.39, 0.29) is 0 Å². The summed E-state index contributed by atoms with van der Waals surface area (Å²) in [4.78, 5) is 0. The molecule has 2 atom stereocenters. The van der Waals surface area contributed by atoms with Crippen LogP contribution in [-0.2, 0) is 0 Å². The van der Waals surface area contributed by atoms with Crippen LogP contribution in [0.2, 0.25) is 0 Å². The predicted molar refractivity (Wildman–Crippen MR) is 76.0 cm³/mol. The van der Waals surface area contributed by atoms with E-state index in [1.54, 1.807) is 0 Å².